The quantitative estimate of drug-likeness (QED) is 0.827. The molecule has 0 saturated carbocycles. The fraction of sp³-hybridized carbons (Fsp3) is 0.400. The van der Waals surface area contributed by atoms with Gasteiger partial charge in [0.1, 0.15) is 0 Å². The minimum atomic E-state index is -1.06. The number of aromatic nitrogens is 1. The van der Waals surface area contributed by atoms with E-state index in [1.165, 1.54) is 18.5 Å². The van der Waals surface area contributed by atoms with E-state index in [1.807, 2.05) is 0 Å². The van der Waals surface area contributed by atoms with Gasteiger partial charge in [-0.3, -0.25) is 9.78 Å². The number of carboxylic acids is 1. The normalized spacial score (nSPS) is 18.3. The molecule has 1 aliphatic heterocycles. The van der Waals surface area contributed by atoms with E-state index in [0.717, 1.165) is 12.5 Å². The molecule has 1 fully saturated rings. The predicted octanol–water partition coefficient (Wildman–Crippen LogP) is 1.29. The molecule has 0 bridgehead atoms. The summed E-state index contributed by atoms with van der Waals surface area (Å²) in [6, 6.07) is 1.62. The van der Waals surface area contributed by atoms with Crippen molar-refractivity contribution >= 4 is 18.0 Å². The minimum absolute atomic E-state index is 0.0963. The number of aliphatic carboxylic acids is 1. The lowest BCUT2D eigenvalue weighted by Crippen LogP contribution is -2.29. The van der Waals surface area contributed by atoms with Crippen LogP contribution in [-0.2, 0) is 9.53 Å². The van der Waals surface area contributed by atoms with E-state index in [0.29, 0.717) is 36.7 Å². The maximum Gasteiger partial charge on any atom is 0.328 e. The molecule has 21 heavy (non-hydrogen) atoms. The number of carbonyl (C=O) groups excluding carboxylic acids is 1. The Morgan fingerprint density at radius 2 is 2.38 bits per heavy atom. The van der Waals surface area contributed by atoms with Crippen LogP contribution >= 0.6 is 0 Å². The first kappa shape index (κ1) is 15.2. The van der Waals surface area contributed by atoms with Gasteiger partial charge < -0.3 is 14.7 Å². The number of hydrogen-bond acceptors (Lipinski definition) is 4. The van der Waals surface area contributed by atoms with Crippen molar-refractivity contribution < 1.29 is 19.4 Å². The van der Waals surface area contributed by atoms with Crippen molar-refractivity contribution in [3.05, 3.63) is 35.7 Å². The van der Waals surface area contributed by atoms with Gasteiger partial charge in [-0.05, 0) is 18.6 Å². The van der Waals surface area contributed by atoms with Gasteiger partial charge in [-0.15, -0.1) is 0 Å². The van der Waals surface area contributed by atoms with E-state index in [9.17, 15) is 9.59 Å². The first-order valence-corrected chi connectivity index (χ1v) is 6.75. The monoisotopic (exact) mass is 290 g/mol. The Bertz CT molecular complexity index is 556. The van der Waals surface area contributed by atoms with Gasteiger partial charge in [-0.1, -0.05) is 0 Å². The highest BCUT2D eigenvalue weighted by atomic mass is 16.5. The number of carboxylic acid groups (broad SMARTS) is 1. The van der Waals surface area contributed by atoms with Crippen LogP contribution in [0.1, 0.15) is 22.3 Å². The van der Waals surface area contributed by atoms with Crippen molar-refractivity contribution in [2.24, 2.45) is 5.92 Å². The van der Waals surface area contributed by atoms with Gasteiger partial charge in [-0.25, -0.2) is 4.79 Å². The molecule has 6 nitrogen and oxygen atoms in total. The molecule has 1 unspecified atom stereocenters. The van der Waals surface area contributed by atoms with Crippen molar-refractivity contribution in [3.8, 4) is 0 Å². The Hall–Kier alpha value is -2.21. The van der Waals surface area contributed by atoms with Crippen LogP contribution in [0, 0.1) is 5.92 Å². The van der Waals surface area contributed by atoms with Crippen LogP contribution in [0.2, 0.25) is 0 Å². The number of hydrogen-bond donors (Lipinski definition) is 1. The maximum absolute atomic E-state index is 12.5. The van der Waals surface area contributed by atoms with Gasteiger partial charge in [0.15, 0.2) is 0 Å². The molecule has 1 atom stereocenters. The molecule has 0 radical (unpaired) electrons. The van der Waals surface area contributed by atoms with Gasteiger partial charge in [-0.2, -0.15) is 0 Å². The van der Waals surface area contributed by atoms with E-state index in [1.54, 1.807) is 18.1 Å². The van der Waals surface area contributed by atoms with E-state index in [4.69, 9.17) is 9.84 Å². The summed E-state index contributed by atoms with van der Waals surface area (Å²) in [7, 11) is 1.65. The third-order valence-electron chi connectivity index (χ3n) is 3.46. The largest absolute Gasteiger partial charge is 0.478 e. The summed E-state index contributed by atoms with van der Waals surface area (Å²) in [5.41, 5.74) is 0.987. The SMILES string of the molecule is COCC1CCN(C(=O)c2ccncc2C=CC(=O)O)C1. The first-order chi connectivity index (χ1) is 10.1. The topological polar surface area (TPSA) is 79.7 Å². The molecular formula is C15H18N2O4. The number of methoxy groups -OCH3 is 1. The standard InChI is InChI=1S/C15H18N2O4/c1-21-10-11-5-7-17(9-11)15(20)13-4-6-16-8-12(13)2-3-14(18)19/h2-4,6,8,11H,5,7,9-10H2,1H3,(H,18,19). The smallest absolute Gasteiger partial charge is 0.328 e. The van der Waals surface area contributed by atoms with Crippen LogP contribution in [0.3, 0.4) is 0 Å². The average molecular weight is 290 g/mol. The summed E-state index contributed by atoms with van der Waals surface area (Å²) in [5, 5.41) is 8.69. The number of pyridine rings is 1. The van der Waals surface area contributed by atoms with Crippen LogP contribution in [0.4, 0.5) is 0 Å². The molecule has 1 aliphatic rings. The molecule has 0 aromatic carbocycles. The van der Waals surface area contributed by atoms with Crippen molar-refractivity contribution in [1.29, 1.82) is 0 Å². The van der Waals surface area contributed by atoms with Gasteiger partial charge in [0.25, 0.3) is 5.91 Å². The predicted molar refractivity (Wildman–Crippen MR) is 76.8 cm³/mol. The Kier molecular flexibility index (Phi) is 5.05. The van der Waals surface area contributed by atoms with E-state index < -0.39 is 5.97 Å². The summed E-state index contributed by atoms with van der Waals surface area (Å²) in [6.07, 6.45) is 6.35. The van der Waals surface area contributed by atoms with Gasteiger partial charge in [0.05, 0.1) is 6.61 Å². The molecule has 1 aromatic rings. The number of rotatable bonds is 5. The summed E-state index contributed by atoms with van der Waals surface area (Å²) in [6.45, 7) is 2.00. The van der Waals surface area contributed by atoms with E-state index in [2.05, 4.69) is 4.98 Å². The number of nitrogens with zero attached hydrogens (tertiary/aromatic N) is 2. The fourth-order valence-electron chi connectivity index (χ4n) is 2.45. The molecule has 1 aromatic heterocycles. The van der Waals surface area contributed by atoms with Crippen LogP contribution in [0.5, 0.6) is 0 Å². The molecule has 2 heterocycles. The second-order valence-electron chi connectivity index (χ2n) is 5.00. The third kappa shape index (κ3) is 3.88. The molecule has 1 saturated heterocycles. The number of likely N-dealkylation sites (tertiary alicyclic amines) is 1. The zero-order valence-electron chi connectivity index (χ0n) is 11.9. The second-order valence-corrected chi connectivity index (χ2v) is 5.00. The maximum atomic E-state index is 12.5. The lowest BCUT2D eigenvalue weighted by atomic mass is 10.1. The highest BCUT2D eigenvalue weighted by molar-refractivity contribution is 5.98. The Morgan fingerprint density at radius 1 is 1.57 bits per heavy atom. The van der Waals surface area contributed by atoms with Crippen LogP contribution in [0.25, 0.3) is 6.08 Å². The first-order valence-electron chi connectivity index (χ1n) is 6.75. The Morgan fingerprint density at radius 3 is 3.10 bits per heavy atom. The summed E-state index contributed by atoms with van der Waals surface area (Å²) in [4.78, 5) is 28.9. The molecule has 2 rings (SSSR count). The zero-order valence-corrected chi connectivity index (χ0v) is 11.9. The van der Waals surface area contributed by atoms with Crippen molar-refractivity contribution in [2.45, 2.75) is 6.42 Å². The minimum Gasteiger partial charge on any atom is -0.478 e. The van der Waals surface area contributed by atoms with Crippen LogP contribution in [-0.4, -0.2) is 53.7 Å². The Labute approximate surface area is 123 Å². The molecule has 112 valence electrons. The highest BCUT2D eigenvalue weighted by Crippen LogP contribution is 2.20. The van der Waals surface area contributed by atoms with Crippen LogP contribution in [0.15, 0.2) is 24.5 Å². The van der Waals surface area contributed by atoms with Gasteiger partial charge in [0.2, 0.25) is 0 Å². The molecule has 0 spiro atoms. The van der Waals surface area contributed by atoms with Crippen molar-refractivity contribution in [1.82, 2.24) is 9.88 Å². The highest BCUT2D eigenvalue weighted by Gasteiger charge is 2.27. The second kappa shape index (κ2) is 6.99. The van der Waals surface area contributed by atoms with Gasteiger partial charge >= 0.3 is 5.97 Å². The Balaban J connectivity index is 2.14. The van der Waals surface area contributed by atoms with E-state index in [-0.39, 0.29) is 5.91 Å². The van der Waals surface area contributed by atoms with Crippen molar-refractivity contribution in [3.63, 3.8) is 0 Å². The molecule has 6 heteroatoms. The number of amides is 1. The molecular weight excluding hydrogens is 272 g/mol. The average Bonchev–Trinajstić information content (AvgIpc) is 2.94. The van der Waals surface area contributed by atoms with E-state index >= 15 is 0 Å². The molecule has 1 N–H and O–H groups in total. The third-order valence-corrected chi connectivity index (χ3v) is 3.46. The van der Waals surface area contributed by atoms with Crippen molar-refractivity contribution in [2.75, 3.05) is 26.8 Å². The lowest BCUT2D eigenvalue weighted by molar-refractivity contribution is -0.131. The summed E-state index contributed by atoms with van der Waals surface area (Å²) >= 11 is 0. The van der Waals surface area contributed by atoms with Crippen LogP contribution < -0.4 is 0 Å². The molecule has 1 amide bonds. The summed E-state index contributed by atoms with van der Waals surface area (Å²) < 4.78 is 5.12. The zero-order chi connectivity index (χ0) is 15.2. The molecule has 0 aliphatic carbocycles. The number of ether oxygens (including phenoxy) is 1. The number of carbonyl (C=O) groups is 2. The lowest BCUT2D eigenvalue weighted by Gasteiger charge is -2.17. The van der Waals surface area contributed by atoms with Gasteiger partial charge in [0, 0.05) is 55.7 Å². The summed E-state index contributed by atoms with van der Waals surface area (Å²) in [5.74, 6) is -0.793. The fourth-order valence-corrected chi connectivity index (χ4v) is 2.45.